The molecule has 4 heteroatoms. The second-order valence-electron chi connectivity index (χ2n) is 3.55. The molecule has 1 N–H and O–H groups in total. The van der Waals surface area contributed by atoms with Gasteiger partial charge >= 0.3 is 0 Å². The summed E-state index contributed by atoms with van der Waals surface area (Å²) < 4.78 is 1.98. The molecule has 2 heterocycles. The number of nitrogens with zero attached hydrogens (tertiary/aromatic N) is 2. The van der Waals surface area contributed by atoms with E-state index in [1.165, 1.54) is 12.8 Å². The van der Waals surface area contributed by atoms with E-state index >= 15 is 0 Å². The summed E-state index contributed by atoms with van der Waals surface area (Å²) in [4.78, 5) is 0. The van der Waals surface area contributed by atoms with Gasteiger partial charge in [0.15, 0.2) is 0 Å². The lowest BCUT2D eigenvalue weighted by molar-refractivity contribution is 0.469. The van der Waals surface area contributed by atoms with E-state index < -0.39 is 0 Å². The van der Waals surface area contributed by atoms with Crippen molar-refractivity contribution in [2.24, 2.45) is 0 Å². The first-order chi connectivity index (χ1) is 6.27. The van der Waals surface area contributed by atoms with Crippen molar-refractivity contribution in [2.45, 2.75) is 32.4 Å². The van der Waals surface area contributed by atoms with E-state index in [4.69, 9.17) is 11.6 Å². The van der Waals surface area contributed by atoms with Crippen LogP contribution in [0.15, 0.2) is 6.20 Å². The second kappa shape index (κ2) is 3.68. The van der Waals surface area contributed by atoms with Gasteiger partial charge in [-0.15, -0.1) is 0 Å². The molecule has 13 heavy (non-hydrogen) atoms. The molecular weight excluding hydrogens is 186 g/mol. The van der Waals surface area contributed by atoms with Crippen molar-refractivity contribution in [3.63, 3.8) is 0 Å². The summed E-state index contributed by atoms with van der Waals surface area (Å²) in [6.07, 6.45) is 4.24. The Morgan fingerprint density at radius 1 is 1.77 bits per heavy atom. The molecule has 0 unspecified atom stereocenters. The Hall–Kier alpha value is -0.540. The van der Waals surface area contributed by atoms with Crippen LogP contribution in [0.1, 0.15) is 18.5 Å². The Labute approximate surface area is 83.1 Å². The van der Waals surface area contributed by atoms with Crippen molar-refractivity contribution in [2.75, 3.05) is 6.54 Å². The van der Waals surface area contributed by atoms with Crippen molar-refractivity contribution in [3.05, 3.63) is 16.9 Å². The molecule has 0 radical (unpaired) electrons. The minimum absolute atomic E-state index is 0.578. The lowest BCUT2D eigenvalue weighted by Gasteiger charge is -2.11. The van der Waals surface area contributed by atoms with Crippen LogP contribution >= 0.6 is 11.6 Å². The molecule has 1 aromatic heterocycles. The largest absolute Gasteiger partial charge is 0.312 e. The molecule has 0 aliphatic carbocycles. The minimum Gasteiger partial charge on any atom is -0.312 e. The van der Waals surface area contributed by atoms with Crippen LogP contribution in [-0.4, -0.2) is 22.4 Å². The van der Waals surface area contributed by atoms with Crippen molar-refractivity contribution in [1.29, 1.82) is 0 Å². The first-order valence-electron chi connectivity index (χ1n) is 4.68. The lowest BCUT2D eigenvalue weighted by atomic mass is 10.2. The first kappa shape index (κ1) is 9.03. The average Bonchev–Trinajstić information content (AvgIpc) is 2.71. The summed E-state index contributed by atoms with van der Waals surface area (Å²) >= 11 is 5.91. The van der Waals surface area contributed by atoms with Gasteiger partial charge in [0.1, 0.15) is 0 Å². The zero-order chi connectivity index (χ0) is 9.26. The molecule has 0 bridgehead atoms. The third-order valence-electron chi connectivity index (χ3n) is 2.60. The lowest BCUT2D eigenvalue weighted by Crippen LogP contribution is -2.27. The Morgan fingerprint density at radius 3 is 3.15 bits per heavy atom. The molecule has 0 spiro atoms. The second-order valence-corrected chi connectivity index (χ2v) is 3.96. The number of aromatic nitrogens is 2. The maximum atomic E-state index is 5.91. The van der Waals surface area contributed by atoms with E-state index in [2.05, 4.69) is 10.4 Å². The van der Waals surface area contributed by atoms with E-state index in [0.29, 0.717) is 6.04 Å². The van der Waals surface area contributed by atoms with Gasteiger partial charge in [0.2, 0.25) is 0 Å². The standard InChI is InChI=1S/C9H14ClN3/c1-7-9(10)5-12-13(7)6-8-3-2-4-11-8/h5,8,11H,2-4,6H2,1H3/t8-/m0/s1. The van der Waals surface area contributed by atoms with Crippen LogP contribution in [0.4, 0.5) is 0 Å². The summed E-state index contributed by atoms with van der Waals surface area (Å²) in [6.45, 7) is 4.08. The van der Waals surface area contributed by atoms with Gasteiger partial charge in [0.25, 0.3) is 0 Å². The molecule has 0 aromatic carbocycles. The molecule has 0 amide bonds. The maximum absolute atomic E-state index is 5.91. The minimum atomic E-state index is 0.578. The molecule has 72 valence electrons. The van der Waals surface area contributed by atoms with E-state index in [1.807, 2.05) is 11.6 Å². The Bertz CT molecular complexity index is 289. The first-order valence-corrected chi connectivity index (χ1v) is 5.06. The van der Waals surface area contributed by atoms with E-state index in [-0.39, 0.29) is 0 Å². The monoisotopic (exact) mass is 199 g/mol. The van der Waals surface area contributed by atoms with Crippen LogP contribution in [-0.2, 0) is 6.54 Å². The Balaban J connectivity index is 2.04. The van der Waals surface area contributed by atoms with Crippen LogP contribution in [0.25, 0.3) is 0 Å². The molecule has 1 atom stereocenters. The number of halogens is 1. The summed E-state index contributed by atoms with van der Waals surface area (Å²) in [5.74, 6) is 0. The highest BCUT2D eigenvalue weighted by Crippen LogP contribution is 2.15. The highest BCUT2D eigenvalue weighted by atomic mass is 35.5. The normalized spacial score (nSPS) is 22.5. The van der Waals surface area contributed by atoms with Gasteiger partial charge in [-0.25, -0.2) is 0 Å². The van der Waals surface area contributed by atoms with Gasteiger partial charge in [-0.1, -0.05) is 11.6 Å². The Morgan fingerprint density at radius 2 is 2.62 bits per heavy atom. The quantitative estimate of drug-likeness (QED) is 0.784. The zero-order valence-corrected chi connectivity index (χ0v) is 8.51. The molecule has 1 fully saturated rings. The molecule has 2 rings (SSSR count). The summed E-state index contributed by atoms with van der Waals surface area (Å²) in [6, 6.07) is 0.578. The van der Waals surface area contributed by atoms with Gasteiger partial charge in [-0.2, -0.15) is 5.10 Å². The van der Waals surface area contributed by atoms with Crippen molar-refractivity contribution < 1.29 is 0 Å². The van der Waals surface area contributed by atoms with Gasteiger partial charge < -0.3 is 5.32 Å². The SMILES string of the molecule is Cc1c(Cl)cnn1C[C@@H]1CCCN1. The van der Waals surface area contributed by atoms with Gasteiger partial charge in [0, 0.05) is 6.04 Å². The fraction of sp³-hybridized carbons (Fsp3) is 0.667. The topological polar surface area (TPSA) is 29.9 Å². The van der Waals surface area contributed by atoms with Crippen molar-refractivity contribution in [3.8, 4) is 0 Å². The molecule has 1 saturated heterocycles. The third-order valence-corrected chi connectivity index (χ3v) is 2.97. The number of hydrogen-bond donors (Lipinski definition) is 1. The van der Waals surface area contributed by atoms with Gasteiger partial charge in [0.05, 0.1) is 23.5 Å². The summed E-state index contributed by atoms with van der Waals surface area (Å²) in [5.41, 5.74) is 1.07. The fourth-order valence-corrected chi connectivity index (χ4v) is 1.87. The van der Waals surface area contributed by atoms with Crippen LogP contribution in [0.5, 0.6) is 0 Å². The number of nitrogens with one attached hydrogen (secondary N) is 1. The van der Waals surface area contributed by atoms with Gasteiger partial charge in [-0.05, 0) is 26.3 Å². The number of rotatable bonds is 2. The maximum Gasteiger partial charge on any atom is 0.0814 e. The highest BCUT2D eigenvalue weighted by Gasteiger charge is 2.15. The highest BCUT2D eigenvalue weighted by molar-refractivity contribution is 6.31. The predicted molar refractivity (Wildman–Crippen MR) is 53.0 cm³/mol. The van der Waals surface area contributed by atoms with Gasteiger partial charge in [-0.3, -0.25) is 4.68 Å². The third kappa shape index (κ3) is 1.86. The van der Waals surface area contributed by atoms with E-state index in [9.17, 15) is 0 Å². The van der Waals surface area contributed by atoms with Crippen LogP contribution in [0.2, 0.25) is 5.02 Å². The fourth-order valence-electron chi connectivity index (χ4n) is 1.73. The number of hydrogen-bond acceptors (Lipinski definition) is 2. The molecule has 0 saturated carbocycles. The van der Waals surface area contributed by atoms with Crippen molar-refractivity contribution in [1.82, 2.24) is 15.1 Å². The molecule has 1 aromatic rings. The van der Waals surface area contributed by atoms with E-state index in [1.54, 1.807) is 6.20 Å². The molecule has 1 aliphatic rings. The van der Waals surface area contributed by atoms with Crippen LogP contribution < -0.4 is 5.32 Å². The van der Waals surface area contributed by atoms with Crippen LogP contribution in [0, 0.1) is 6.92 Å². The molecule has 3 nitrogen and oxygen atoms in total. The molecular formula is C9H14ClN3. The van der Waals surface area contributed by atoms with Crippen LogP contribution in [0.3, 0.4) is 0 Å². The van der Waals surface area contributed by atoms with E-state index in [0.717, 1.165) is 23.8 Å². The zero-order valence-electron chi connectivity index (χ0n) is 7.76. The average molecular weight is 200 g/mol. The predicted octanol–water partition coefficient (Wildman–Crippen LogP) is 1.60. The van der Waals surface area contributed by atoms with Crippen molar-refractivity contribution >= 4 is 11.6 Å². The smallest absolute Gasteiger partial charge is 0.0814 e. The summed E-state index contributed by atoms with van der Waals surface area (Å²) in [5, 5.41) is 8.42. The molecule has 1 aliphatic heterocycles. The Kier molecular flexibility index (Phi) is 2.56. The summed E-state index contributed by atoms with van der Waals surface area (Å²) in [7, 11) is 0.